The predicted molar refractivity (Wildman–Crippen MR) is 132 cm³/mol. The number of carbonyl (C=O) groups is 3. The molecule has 1 atom stereocenters. The Bertz CT molecular complexity index is 974. The molecule has 174 valence electrons. The Labute approximate surface area is 197 Å². The number of benzene rings is 2. The van der Waals surface area contributed by atoms with Gasteiger partial charge in [-0.15, -0.1) is 0 Å². The quantitative estimate of drug-likeness (QED) is 0.187. The number of ether oxygens (including phenoxy) is 1. The smallest absolute Gasteiger partial charge is 0.317 e. The first-order chi connectivity index (χ1) is 15.6. The predicted octanol–water partition coefficient (Wildman–Crippen LogP) is 3.29. The van der Waals surface area contributed by atoms with Gasteiger partial charge in [0.1, 0.15) is 11.7 Å². The van der Waals surface area contributed by atoms with Gasteiger partial charge in [-0.3, -0.25) is 14.4 Å². The number of rotatable bonds is 9. The molecule has 0 spiro atoms. The van der Waals surface area contributed by atoms with E-state index in [1.165, 1.54) is 14.0 Å². The maximum atomic E-state index is 12.4. The Morgan fingerprint density at radius 3 is 1.88 bits per heavy atom. The average molecular weight is 465 g/mol. The summed E-state index contributed by atoms with van der Waals surface area (Å²) < 4.78 is 11.3. The van der Waals surface area contributed by atoms with Crippen LogP contribution in [0.15, 0.2) is 60.7 Å². The van der Waals surface area contributed by atoms with E-state index in [0.717, 1.165) is 10.4 Å². The number of hydrogen-bond donors (Lipinski definition) is 0. The third-order valence-electron chi connectivity index (χ3n) is 5.57. The highest BCUT2D eigenvalue weighted by atomic mass is 28.4. The summed E-state index contributed by atoms with van der Waals surface area (Å²) >= 11 is 0. The molecule has 0 aromatic heterocycles. The zero-order chi connectivity index (χ0) is 24.5. The van der Waals surface area contributed by atoms with E-state index < -0.39 is 20.2 Å². The van der Waals surface area contributed by atoms with Crippen LogP contribution >= 0.6 is 0 Å². The molecule has 0 N–H and O–H groups in total. The zero-order valence-corrected chi connectivity index (χ0v) is 21.0. The lowest BCUT2D eigenvalue weighted by Gasteiger charge is -2.43. The van der Waals surface area contributed by atoms with Crippen LogP contribution in [-0.4, -0.2) is 39.6 Å². The molecular weight excluding hydrogens is 432 g/mol. The summed E-state index contributed by atoms with van der Waals surface area (Å²) in [5.74, 6) is 2.96. The molecule has 6 heteroatoms. The van der Waals surface area contributed by atoms with Crippen molar-refractivity contribution in [3.8, 4) is 11.8 Å². The molecule has 0 saturated heterocycles. The molecule has 1 unspecified atom stereocenters. The molecule has 0 fully saturated rings. The lowest BCUT2D eigenvalue weighted by atomic mass is 10.0. The van der Waals surface area contributed by atoms with E-state index in [2.05, 4.69) is 61.6 Å². The Morgan fingerprint density at radius 2 is 1.45 bits per heavy atom. The van der Waals surface area contributed by atoms with Crippen LogP contribution in [0.5, 0.6) is 0 Å². The number of Topliss-reactive ketones (excluding diaryl/α,β-unsaturated/α-hetero) is 2. The minimum Gasteiger partial charge on any atom is -0.468 e. The van der Waals surface area contributed by atoms with Crippen LogP contribution in [0.1, 0.15) is 40.5 Å². The van der Waals surface area contributed by atoms with Crippen molar-refractivity contribution in [1.29, 1.82) is 0 Å². The molecule has 2 rings (SSSR count). The first kappa shape index (κ1) is 26.2. The Balaban J connectivity index is 2.21. The molecule has 0 aliphatic carbocycles. The van der Waals surface area contributed by atoms with Gasteiger partial charge in [-0.1, -0.05) is 87.4 Å². The van der Waals surface area contributed by atoms with E-state index in [4.69, 9.17) is 4.43 Å². The standard InChI is InChI=1S/C27H32O5Si/c1-21(28)25(26(30)31-5)18-12-13-22(29)19-20-32-33(27(2,3)4,23-14-8-6-9-15-23)24-16-10-7-11-17-24/h6-11,14-17,25H,18-20H2,1-5H3. The van der Waals surface area contributed by atoms with Gasteiger partial charge < -0.3 is 9.16 Å². The second-order valence-electron chi connectivity index (χ2n) is 8.88. The van der Waals surface area contributed by atoms with E-state index in [1.54, 1.807) is 0 Å². The first-order valence-corrected chi connectivity index (χ1v) is 12.9. The summed E-state index contributed by atoms with van der Waals surface area (Å²) in [7, 11) is -1.49. The fourth-order valence-corrected chi connectivity index (χ4v) is 8.47. The molecule has 0 amide bonds. The molecule has 0 aliphatic rings. The molecule has 0 radical (unpaired) electrons. The lowest BCUT2D eigenvalue weighted by Crippen LogP contribution is -2.66. The monoisotopic (exact) mass is 464 g/mol. The van der Waals surface area contributed by atoms with Crippen LogP contribution in [0.4, 0.5) is 0 Å². The van der Waals surface area contributed by atoms with Crippen LogP contribution in [-0.2, 0) is 23.5 Å². The average Bonchev–Trinajstić information content (AvgIpc) is 2.79. The van der Waals surface area contributed by atoms with Gasteiger partial charge in [-0.2, -0.15) is 0 Å². The minimum atomic E-state index is -2.71. The molecule has 0 saturated carbocycles. The normalized spacial score (nSPS) is 12.3. The van der Waals surface area contributed by atoms with Crippen molar-refractivity contribution in [3.05, 3.63) is 60.7 Å². The van der Waals surface area contributed by atoms with E-state index in [-0.39, 0.29) is 36.1 Å². The summed E-state index contributed by atoms with van der Waals surface area (Å²) in [5, 5.41) is 2.11. The highest BCUT2D eigenvalue weighted by Crippen LogP contribution is 2.36. The second-order valence-corrected chi connectivity index (χ2v) is 13.2. The summed E-state index contributed by atoms with van der Waals surface area (Å²) in [5.41, 5.74) is 0. The van der Waals surface area contributed by atoms with E-state index in [0.29, 0.717) is 0 Å². The van der Waals surface area contributed by atoms with Crippen molar-refractivity contribution in [2.75, 3.05) is 13.7 Å². The van der Waals surface area contributed by atoms with Gasteiger partial charge in [-0.05, 0) is 28.3 Å². The fraction of sp³-hybridized carbons (Fsp3) is 0.370. The maximum Gasteiger partial charge on any atom is 0.317 e. The third kappa shape index (κ3) is 6.50. The highest BCUT2D eigenvalue weighted by molar-refractivity contribution is 6.99. The number of hydrogen-bond acceptors (Lipinski definition) is 5. The minimum absolute atomic E-state index is 0.0384. The molecule has 5 nitrogen and oxygen atoms in total. The van der Waals surface area contributed by atoms with Crippen molar-refractivity contribution in [2.24, 2.45) is 5.92 Å². The summed E-state index contributed by atoms with van der Waals surface area (Å²) in [6.45, 7) is 8.07. The topological polar surface area (TPSA) is 69.7 Å². The van der Waals surface area contributed by atoms with Crippen molar-refractivity contribution >= 4 is 36.2 Å². The van der Waals surface area contributed by atoms with Gasteiger partial charge >= 0.3 is 5.97 Å². The van der Waals surface area contributed by atoms with E-state index >= 15 is 0 Å². The SMILES string of the molecule is COC(=O)C(CC#CC(=O)CCO[Si](c1ccccc1)(c1ccccc1)C(C)(C)C)C(C)=O. The zero-order valence-electron chi connectivity index (χ0n) is 20.0. The van der Waals surface area contributed by atoms with Crippen LogP contribution in [0, 0.1) is 17.8 Å². The Hall–Kier alpha value is -3.01. The first-order valence-electron chi connectivity index (χ1n) is 11.0. The number of esters is 1. The molecule has 2 aromatic rings. The molecule has 0 heterocycles. The van der Waals surface area contributed by atoms with Gasteiger partial charge in [0.05, 0.1) is 7.11 Å². The molecule has 33 heavy (non-hydrogen) atoms. The maximum absolute atomic E-state index is 12.4. The van der Waals surface area contributed by atoms with Gasteiger partial charge in [-0.25, -0.2) is 0 Å². The number of ketones is 2. The lowest BCUT2D eigenvalue weighted by molar-refractivity contribution is -0.148. The van der Waals surface area contributed by atoms with Gasteiger partial charge in [0.15, 0.2) is 0 Å². The largest absolute Gasteiger partial charge is 0.468 e. The van der Waals surface area contributed by atoms with Crippen LogP contribution in [0.2, 0.25) is 5.04 Å². The van der Waals surface area contributed by atoms with Crippen molar-refractivity contribution in [1.82, 2.24) is 0 Å². The Morgan fingerprint density at radius 1 is 0.939 bits per heavy atom. The summed E-state index contributed by atoms with van der Waals surface area (Å²) in [4.78, 5) is 35.7. The summed E-state index contributed by atoms with van der Waals surface area (Å²) in [6, 6.07) is 20.4. The number of methoxy groups -OCH3 is 1. The van der Waals surface area contributed by atoms with Crippen molar-refractivity contribution in [3.63, 3.8) is 0 Å². The summed E-state index contributed by atoms with van der Waals surface area (Å²) in [6.07, 6.45) is 0.0871. The van der Waals surface area contributed by atoms with E-state index in [9.17, 15) is 14.4 Å². The van der Waals surface area contributed by atoms with Gasteiger partial charge in [0.25, 0.3) is 8.32 Å². The van der Waals surface area contributed by atoms with E-state index in [1.807, 2.05) is 36.4 Å². The molecule has 0 aliphatic heterocycles. The van der Waals surface area contributed by atoms with Crippen LogP contribution < -0.4 is 10.4 Å². The van der Waals surface area contributed by atoms with Gasteiger partial charge in [0, 0.05) is 19.4 Å². The fourth-order valence-electron chi connectivity index (χ4n) is 3.91. The van der Waals surface area contributed by atoms with Crippen molar-refractivity contribution in [2.45, 2.75) is 45.6 Å². The van der Waals surface area contributed by atoms with Crippen LogP contribution in [0.25, 0.3) is 0 Å². The molecular formula is C27H32O5Si. The van der Waals surface area contributed by atoms with Crippen molar-refractivity contribution < 1.29 is 23.5 Å². The Kier molecular flexibility index (Phi) is 9.33. The molecule has 2 aromatic carbocycles. The third-order valence-corrected chi connectivity index (χ3v) is 10.6. The molecule has 0 bridgehead atoms. The van der Waals surface area contributed by atoms with Gasteiger partial charge in [0.2, 0.25) is 5.78 Å². The van der Waals surface area contributed by atoms with Crippen LogP contribution in [0.3, 0.4) is 0 Å². The highest BCUT2D eigenvalue weighted by Gasteiger charge is 2.50. The number of carbonyl (C=O) groups excluding carboxylic acids is 3. The second kappa shape index (κ2) is 11.7.